The Morgan fingerprint density at radius 3 is 2.08 bits per heavy atom. The van der Waals surface area contributed by atoms with Crippen molar-refractivity contribution in [3.05, 3.63) is 0 Å². The van der Waals surface area contributed by atoms with Crippen molar-refractivity contribution < 1.29 is 24.8 Å². The van der Waals surface area contributed by atoms with E-state index in [1.807, 2.05) is 0 Å². The van der Waals surface area contributed by atoms with Crippen molar-refractivity contribution in [2.45, 2.75) is 109 Å². The van der Waals surface area contributed by atoms with Crippen LogP contribution in [0.5, 0.6) is 0 Å². The van der Waals surface area contributed by atoms with Gasteiger partial charge in [-0.3, -0.25) is 0 Å². The summed E-state index contributed by atoms with van der Waals surface area (Å²) in [4.78, 5) is 0. The molecule has 0 aromatic rings. The lowest BCUT2D eigenvalue weighted by Gasteiger charge is -2.42. The average molecular weight is 376 g/mol. The van der Waals surface area contributed by atoms with Gasteiger partial charge >= 0.3 is 0 Å². The first-order valence-electron chi connectivity index (χ1n) is 10.6. The molecule has 0 radical (unpaired) electrons. The molecule has 156 valence electrons. The van der Waals surface area contributed by atoms with Gasteiger partial charge in [-0.2, -0.15) is 0 Å². The Bertz CT molecular complexity index is 331. The number of nitrogens with one attached hydrogen (secondary N) is 1. The van der Waals surface area contributed by atoms with Gasteiger partial charge in [-0.25, -0.2) is 0 Å². The molecule has 0 aliphatic carbocycles. The molecule has 1 saturated heterocycles. The van der Waals surface area contributed by atoms with Crippen LogP contribution in [0, 0.1) is 0 Å². The highest BCUT2D eigenvalue weighted by Crippen LogP contribution is 2.22. The van der Waals surface area contributed by atoms with Crippen LogP contribution in [-0.4, -0.2) is 65.7 Å². The van der Waals surface area contributed by atoms with E-state index in [2.05, 4.69) is 19.2 Å². The zero-order valence-corrected chi connectivity index (χ0v) is 16.7. The number of aliphatic hydroxyl groups is 3. The summed E-state index contributed by atoms with van der Waals surface area (Å²) in [5.74, 6) is 0. The fraction of sp³-hybridized carbons (Fsp3) is 1.00. The highest BCUT2D eigenvalue weighted by Gasteiger charge is 2.44. The molecule has 6 heteroatoms. The summed E-state index contributed by atoms with van der Waals surface area (Å²) < 4.78 is 11.1. The first-order chi connectivity index (χ1) is 12.7. The molecule has 1 unspecified atom stereocenters. The maximum Gasteiger partial charge on any atom is 0.185 e. The van der Waals surface area contributed by atoms with Crippen LogP contribution >= 0.6 is 0 Å². The quantitative estimate of drug-likeness (QED) is 0.329. The van der Waals surface area contributed by atoms with E-state index in [1.54, 1.807) is 0 Å². The molecule has 0 amide bonds. The number of hydrogen-bond donors (Lipinski definition) is 4. The van der Waals surface area contributed by atoms with Crippen molar-refractivity contribution in [1.29, 1.82) is 0 Å². The Hall–Kier alpha value is -0.240. The van der Waals surface area contributed by atoms with Crippen LogP contribution in [0.4, 0.5) is 0 Å². The van der Waals surface area contributed by atoms with Crippen LogP contribution in [0.2, 0.25) is 0 Å². The van der Waals surface area contributed by atoms with Crippen molar-refractivity contribution in [2.24, 2.45) is 0 Å². The van der Waals surface area contributed by atoms with Gasteiger partial charge in [0, 0.05) is 6.61 Å². The molecule has 0 spiro atoms. The van der Waals surface area contributed by atoms with Crippen molar-refractivity contribution >= 4 is 0 Å². The minimum absolute atomic E-state index is 0.294. The smallest absolute Gasteiger partial charge is 0.185 e. The Morgan fingerprint density at radius 1 is 0.846 bits per heavy atom. The molecule has 4 N–H and O–H groups in total. The fourth-order valence-electron chi connectivity index (χ4n) is 3.34. The topological polar surface area (TPSA) is 91.2 Å². The van der Waals surface area contributed by atoms with Gasteiger partial charge in [0.1, 0.15) is 18.3 Å². The van der Waals surface area contributed by atoms with Gasteiger partial charge in [-0.1, -0.05) is 65.2 Å². The normalized spacial score (nSPS) is 29.2. The lowest BCUT2D eigenvalue weighted by molar-refractivity contribution is -0.279. The van der Waals surface area contributed by atoms with Crippen LogP contribution in [0.15, 0.2) is 0 Å². The zero-order chi connectivity index (χ0) is 19.2. The molecule has 5 atom stereocenters. The highest BCUT2D eigenvalue weighted by molar-refractivity contribution is 4.94. The summed E-state index contributed by atoms with van der Waals surface area (Å²) >= 11 is 0. The molecule has 26 heavy (non-hydrogen) atoms. The third kappa shape index (κ3) is 8.63. The molecule has 0 saturated carbocycles. The van der Waals surface area contributed by atoms with E-state index in [1.165, 1.54) is 38.5 Å². The zero-order valence-electron chi connectivity index (χ0n) is 16.7. The molecular formula is C20H41NO5. The van der Waals surface area contributed by atoms with E-state index in [-0.39, 0.29) is 6.61 Å². The van der Waals surface area contributed by atoms with Crippen molar-refractivity contribution in [3.8, 4) is 0 Å². The van der Waals surface area contributed by atoms with Crippen LogP contribution in [0.1, 0.15) is 78.1 Å². The van der Waals surface area contributed by atoms with Crippen LogP contribution in [0.3, 0.4) is 0 Å². The number of aliphatic hydroxyl groups excluding tert-OH is 3. The van der Waals surface area contributed by atoms with Gasteiger partial charge in [-0.05, 0) is 19.4 Å². The lowest BCUT2D eigenvalue weighted by Crippen LogP contribution is -2.64. The predicted octanol–water partition coefficient (Wildman–Crippen LogP) is 2.34. The predicted molar refractivity (Wildman–Crippen MR) is 103 cm³/mol. The Labute approximate surface area is 159 Å². The number of unbranched alkanes of at least 4 members (excludes halogenated alkanes) is 8. The SMILES string of the molecule is CCCCCCCCCCN[C@H]1[C@H](O)[C@@H](CO)OC(OCCCC)[C@@H]1O. The van der Waals surface area contributed by atoms with Crippen molar-refractivity contribution in [1.82, 2.24) is 5.32 Å². The van der Waals surface area contributed by atoms with Crippen molar-refractivity contribution in [3.63, 3.8) is 0 Å². The molecule has 1 aliphatic heterocycles. The van der Waals surface area contributed by atoms with Crippen LogP contribution < -0.4 is 5.32 Å². The number of rotatable bonds is 15. The summed E-state index contributed by atoms with van der Waals surface area (Å²) in [5.41, 5.74) is 0. The molecule has 0 aromatic carbocycles. The first-order valence-corrected chi connectivity index (χ1v) is 10.6. The minimum Gasteiger partial charge on any atom is -0.394 e. The summed E-state index contributed by atoms with van der Waals surface area (Å²) in [7, 11) is 0. The maximum atomic E-state index is 10.5. The maximum absolute atomic E-state index is 10.5. The van der Waals surface area contributed by atoms with Crippen LogP contribution in [-0.2, 0) is 9.47 Å². The Kier molecular flexibility index (Phi) is 13.5. The second-order valence-corrected chi connectivity index (χ2v) is 7.39. The summed E-state index contributed by atoms with van der Waals surface area (Å²) in [5, 5.41) is 33.5. The van der Waals surface area contributed by atoms with Gasteiger partial charge in [0.05, 0.1) is 12.6 Å². The lowest BCUT2D eigenvalue weighted by atomic mass is 9.96. The Balaban J connectivity index is 2.30. The minimum atomic E-state index is -0.949. The third-order valence-corrected chi connectivity index (χ3v) is 5.07. The molecule has 0 bridgehead atoms. The number of ether oxygens (including phenoxy) is 2. The summed E-state index contributed by atoms with van der Waals surface area (Å²) in [6.07, 6.45) is 8.35. The second kappa shape index (κ2) is 14.8. The van der Waals surface area contributed by atoms with E-state index in [4.69, 9.17) is 9.47 Å². The second-order valence-electron chi connectivity index (χ2n) is 7.39. The fourth-order valence-corrected chi connectivity index (χ4v) is 3.34. The van der Waals surface area contributed by atoms with E-state index in [0.717, 1.165) is 32.2 Å². The van der Waals surface area contributed by atoms with Gasteiger partial charge in [0.2, 0.25) is 0 Å². The van der Waals surface area contributed by atoms with E-state index >= 15 is 0 Å². The molecule has 6 nitrogen and oxygen atoms in total. The molecular weight excluding hydrogens is 334 g/mol. The number of hydrogen-bond acceptors (Lipinski definition) is 6. The summed E-state index contributed by atoms with van der Waals surface area (Å²) in [6, 6.07) is -0.544. The highest BCUT2D eigenvalue weighted by atomic mass is 16.7. The van der Waals surface area contributed by atoms with E-state index in [0.29, 0.717) is 6.61 Å². The third-order valence-electron chi connectivity index (χ3n) is 5.07. The van der Waals surface area contributed by atoms with E-state index < -0.39 is 30.6 Å². The standard InChI is InChI=1S/C20H41NO5/c1-3-5-7-8-9-10-11-12-13-21-17-18(23)16(15-22)26-20(19(17)24)25-14-6-4-2/h16-24H,3-15H2,1-2H3/t16-,17+,18-,19-,20?/m1/s1. The average Bonchev–Trinajstić information content (AvgIpc) is 2.64. The molecule has 1 fully saturated rings. The largest absolute Gasteiger partial charge is 0.394 e. The van der Waals surface area contributed by atoms with Gasteiger partial charge < -0.3 is 30.1 Å². The van der Waals surface area contributed by atoms with Gasteiger partial charge in [0.15, 0.2) is 6.29 Å². The van der Waals surface area contributed by atoms with Gasteiger partial charge in [-0.15, -0.1) is 0 Å². The molecule has 1 aliphatic rings. The van der Waals surface area contributed by atoms with E-state index in [9.17, 15) is 15.3 Å². The monoisotopic (exact) mass is 375 g/mol. The van der Waals surface area contributed by atoms with Crippen LogP contribution in [0.25, 0.3) is 0 Å². The van der Waals surface area contributed by atoms with Gasteiger partial charge in [0.25, 0.3) is 0 Å². The molecule has 1 heterocycles. The molecule has 0 aromatic heterocycles. The summed E-state index contributed by atoms with van der Waals surface area (Å²) in [6.45, 7) is 5.23. The Morgan fingerprint density at radius 2 is 1.46 bits per heavy atom. The molecule has 1 rings (SSSR count). The van der Waals surface area contributed by atoms with Crippen molar-refractivity contribution in [2.75, 3.05) is 19.8 Å². The first kappa shape index (κ1) is 23.8.